The molecule has 0 radical (unpaired) electrons. The molecular formula is C24H23N5O2. The van der Waals surface area contributed by atoms with Crippen LogP contribution in [0.3, 0.4) is 0 Å². The molecule has 2 aromatic heterocycles. The summed E-state index contributed by atoms with van der Waals surface area (Å²) in [5.74, 6) is 0.216. The van der Waals surface area contributed by atoms with Crippen molar-refractivity contribution in [2.45, 2.75) is 13.8 Å². The molecule has 156 valence electrons. The van der Waals surface area contributed by atoms with Crippen LogP contribution in [0.1, 0.15) is 21.5 Å². The van der Waals surface area contributed by atoms with Crippen LogP contribution in [0.2, 0.25) is 0 Å². The molecule has 0 aliphatic heterocycles. The Bertz CT molecular complexity index is 1370. The fourth-order valence-corrected chi connectivity index (χ4v) is 3.52. The van der Waals surface area contributed by atoms with Gasteiger partial charge >= 0.3 is 0 Å². The first-order valence-corrected chi connectivity index (χ1v) is 9.91. The molecule has 0 saturated carbocycles. The molecule has 7 nitrogen and oxygen atoms in total. The third-order valence-electron chi connectivity index (χ3n) is 5.25. The molecule has 4 aromatic rings. The molecule has 31 heavy (non-hydrogen) atoms. The number of rotatable bonds is 4. The average molecular weight is 413 g/mol. The maximum absolute atomic E-state index is 13.0. The van der Waals surface area contributed by atoms with E-state index in [0.717, 1.165) is 22.4 Å². The van der Waals surface area contributed by atoms with Crippen molar-refractivity contribution in [1.29, 1.82) is 0 Å². The van der Waals surface area contributed by atoms with Gasteiger partial charge in [0.1, 0.15) is 5.52 Å². The molecule has 0 aliphatic carbocycles. The van der Waals surface area contributed by atoms with Crippen LogP contribution in [0, 0.1) is 13.8 Å². The smallest absolute Gasteiger partial charge is 0.277 e. The van der Waals surface area contributed by atoms with Gasteiger partial charge in [0.15, 0.2) is 0 Å². The number of pyridine rings is 1. The van der Waals surface area contributed by atoms with E-state index in [1.165, 1.54) is 0 Å². The molecule has 0 saturated heterocycles. The zero-order valence-corrected chi connectivity index (χ0v) is 17.9. The third-order valence-corrected chi connectivity index (χ3v) is 5.25. The first kappa shape index (κ1) is 20.3. The Morgan fingerprint density at radius 1 is 1.06 bits per heavy atom. The number of nitrogens with one attached hydrogen (secondary N) is 2. The van der Waals surface area contributed by atoms with Crippen molar-refractivity contribution in [3.05, 3.63) is 81.8 Å². The van der Waals surface area contributed by atoms with Crippen molar-refractivity contribution in [2.24, 2.45) is 7.05 Å². The van der Waals surface area contributed by atoms with Gasteiger partial charge < -0.3 is 15.2 Å². The number of anilines is 2. The Kier molecular flexibility index (Phi) is 5.25. The molecule has 7 heteroatoms. The highest BCUT2D eigenvalue weighted by atomic mass is 16.1. The minimum Gasteiger partial charge on any atom is -0.357 e. The van der Waals surface area contributed by atoms with Crippen LogP contribution >= 0.6 is 0 Å². The number of carbonyl (C=O) groups excluding carboxylic acids is 1. The van der Waals surface area contributed by atoms with Gasteiger partial charge in [-0.2, -0.15) is 0 Å². The number of aryl methyl sites for hydroxylation is 2. The predicted molar refractivity (Wildman–Crippen MR) is 124 cm³/mol. The van der Waals surface area contributed by atoms with E-state index in [0.29, 0.717) is 28.1 Å². The number of nitrogens with zero attached hydrogens (tertiary/aromatic N) is 3. The topological polar surface area (TPSA) is 88.9 Å². The number of carbonyl (C=O) groups is 1. The van der Waals surface area contributed by atoms with E-state index in [4.69, 9.17) is 0 Å². The lowest BCUT2D eigenvalue weighted by molar-refractivity contribution is 0.102. The number of benzene rings is 2. The molecule has 0 bridgehead atoms. The second-order valence-electron chi connectivity index (χ2n) is 7.49. The molecule has 2 aromatic carbocycles. The van der Waals surface area contributed by atoms with Crippen LogP contribution in [-0.2, 0) is 7.05 Å². The highest BCUT2D eigenvalue weighted by molar-refractivity contribution is 6.04. The zero-order valence-electron chi connectivity index (χ0n) is 17.9. The van der Waals surface area contributed by atoms with E-state index in [9.17, 15) is 9.59 Å². The van der Waals surface area contributed by atoms with E-state index in [1.54, 1.807) is 30.9 Å². The molecule has 0 aliphatic rings. The second kappa shape index (κ2) is 8.02. The maximum atomic E-state index is 13.0. The molecule has 2 heterocycles. The van der Waals surface area contributed by atoms with Gasteiger partial charge in [0.25, 0.3) is 11.5 Å². The Morgan fingerprint density at radius 3 is 2.61 bits per heavy atom. The van der Waals surface area contributed by atoms with Gasteiger partial charge in [0, 0.05) is 42.5 Å². The van der Waals surface area contributed by atoms with Crippen LogP contribution in [0.4, 0.5) is 11.6 Å². The number of amides is 1. The lowest BCUT2D eigenvalue weighted by Gasteiger charge is -2.15. The Hall–Kier alpha value is -4.00. The van der Waals surface area contributed by atoms with Gasteiger partial charge in [0.2, 0.25) is 5.95 Å². The highest BCUT2D eigenvalue weighted by Gasteiger charge is 2.14. The molecule has 2 N–H and O–H groups in total. The summed E-state index contributed by atoms with van der Waals surface area (Å²) in [6.45, 7) is 3.92. The molecule has 0 unspecified atom stereocenters. The van der Waals surface area contributed by atoms with Gasteiger partial charge in [-0.15, -0.1) is 0 Å². The van der Waals surface area contributed by atoms with Crippen molar-refractivity contribution < 1.29 is 4.79 Å². The lowest BCUT2D eigenvalue weighted by atomic mass is 10.0. The van der Waals surface area contributed by atoms with Crippen molar-refractivity contribution >= 4 is 28.4 Å². The number of fused-ring (bicyclic) bond motifs is 1. The van der Waals surface area contributed by atoms with Gasteiger partial charge in [-0.05, 0) is 49.7 Å². The van der Waals surface area contributed by atoms with Gasteiger partial charge in [-0.25, -0.2) is 9.97 Å². The SMILES string of the molecule is CNc1ncc2cc(-c3cc(NC(=O)c4cccc(C)c4)ccc3C)n(C)c(=O)c2n1. The van der Waals surface area contributed by atoms with Crippen molar-refractivity contribution in [3.63, 3.8) is 0 Å². The minimum atomic E-state index is -0.208. The molecule has 0 fully saturated rings. The van der Waals surface area contributed by atoms with Gasteiger partial charge in [0.05, 0.1) is 5.69 Å². The summed E-state index contributed by atoms with van der Waals surface area (Å²) in [4.78, 5) is 34.1. The Morgan fingerprint density at radius 2 is 1.87 bits per heavy atom. The zero-order chi connectivity index (χ0) is 22.1. The summed E-state index contributed by atoms with van der Waals surface area (Å²) in [7, 11) is 3.43. The number of aromatic nitrogens is 3. The Balaban J connectivity index is 1.76. The number of hydrogen-bond acceptors (Lipinski definition) is 5. The van der Waals surface area contributed by atoms with Crippen LogP contribution < -0.4 is 16.2 Å². The normalized spacial score (nSPS) is 10.8. The summed E-state index contributed by atoms with van der Waals surface area (Å²) in [5.41, 5.74) is 4.97. The van der Waals surface area contributed by atoms with Crippen LogP contribution in [0.5, 0.6) is 0 Å². The highest BCUT2D eigenvalue weighted by Crippen LogP contribution is 2.28. The monoisotopic (exact) mass is 413 g/mol. The maximum Gasteiger partial charge on any atom is 0.277 e. The Labute approximate surface area is 179 Å². The summed E-state index contributed by atoms with van der Waals surface area (Å²) in [6.07, 6.45) is 1.64. The van der Waals surface area contributed by atoms with E-state index in [-0.39, 0.29) is 11.5 Å². The molecular weight excluding hydrogens is 390 g/mol. The summed E-state index contributed by atoms with van der Waals surface area (Å²) in [5, 5.41) is 6.46. The van der Waals surface area contributed by atoms with Crippen LogP contribution in [0.25, 0.3) is 22.2 Å². The standard InChI is InChI=1S/C24H23N5O2/c1-14-6-5-7-16(10-14)22(30)27-18-9-8-15(2)19(12-18)20-11-17-13-26-24(25-3)28-21(17)23(31)29(20)4/h5-13H,1-4H3,(H,27,30)(H,25,26,28). The fraction of sp³-hybridized carbons (Fsp3) is 0.167. The van der Waals surface area contributed by atoms with E-state index < -0.39 is 0 Å². The molecule has 0 spiro atoms. The first-order valence-electron chi connectivity index (χ1n) is 9.91. The van der Waals surface area contributed by atoms with Gasteiger partial charge in [-0.3, -0.25) is 9.59 Å². The minimum absolute atomic E-state index is 0.182. The number of hydrogen-bond donors (Lipinski definition) is 2. The molecule has 0 atom stereocenters. The molecule has 1 amide bonds. The summed E-state index contributed by atoms with van der Waals surface area (Å²) in [6, 6.07) is 15.0. The van der Waals surface area contributed by atoms with Crippen LogP contribution in [0.15, 0.2) is 59.5 Å². The van der Waals surface area contributed by atoms with Crippen molar-refractivity contribution in [3.8, 4) is 11.3 Å². The second-order valence-corrected chi connectivity index (χ2v) is 7.49. The largest absolute Gasteiger partial charge is 0.357 e. The van der Waals surface area contributed by atoms with Crippen LogP contribution in [-0.4, -0.2) is 27.5 Å². The first-order chi connectivity index (χ1) is 14.9. The third kappa shape index (κ3) is 3.90. The summed E-state index contributed by atoms with van der Waals surface area (Å²) >= 11 is 0. The quantitative estimate of drug-likeness (QED) is 0.530. The van der Waals surface area contributed by atoms with Crippen molar-refractivity contribution in [2.75, 3.05) is 17.7 Å². The van der Waals surface area contributed by atoms with E-state index in [2.05, 4.69) is 20.6 Å². The molecule has 4 rings (SSSR count). The van der Waals surface area contributed by atoms with E-state index >= 15 is 0 Å². The van der Waals surface area contributed by atoms with Gasteiger partial charge in [-0.1, -0.05) is 23.8 Å². The predicted octanol–water partition coefficient (Wildman–Crippen LogP) is 3.91. The summed E-state index contributed by atoms with van der Waals surface area (Å²) < 4.78 is 1.57. The average Bonchev–Trinajstić information content (AvgIpc) is 2.77. The van der Waals surface area contributed by atoms with E-state index in [1.807, 2.05) is 56.3 Å². The fourth-order valence-electron chi connectivity index (χ4n) is 3.52. The van der Waals surface area contributed by atoms with Crippen molar-refractivity contribution in [1.82, 2.24) is 14.5 Å². The lowest BCUT2D eigenvalue weighted by Crippen LogP contribution is -2.20.